The van der Waals surface area contributed by atoms with Crippen LogP contribution in [-0.2, 0) is 4.79 Å². The molecule has 1 amide bonds. The number of nitrogens with zero attached hydrogens (tertiary/aromatic N) is 1. The summed E-state index contributed by atoms with van der Waals surface area (Å²) >= 11 is 1.55. The van der Waals surface area contributed by atoms with Gasteiger partial charge in [-0.3, -0.25) is 9.59 Å². The Labute approximate surface area is 120 Å². The van der Waals surface area contributed by atoms with Crippen molar-refractivity contribution in [2.45, 2.75) is 25.3 Å². The van der Waals surface area contributed by atoms with Gasteiger partial charge in [-0.1, -0.05) is 0 Å². The fourth-order valence-corrected chi connectivity index (χ4v) is 3.66. The summed E-state index contributed by atoms with van der Waals surface area (Å²) in [6.07, 6.45) is 4.37. The zero-order valence-corrected chi connectivity index (χ0v) is 11.7. The van der Waals surface area contributed by atoms with Gasteiger partial charge in [-0.15, -0.1) is 11.3 Å². The fourth-order valence-electron chi connectivity index (χ4n) is 2.76. The molecule has 2 aromatic rings. The Hall–Kier alpha value is -1.88. The molecule has 1 aliphatic carbocycles. The van der Waals surface area contributed by atoms with Crippen LogP contribution < -0.4 is 5.32 Å². The maximum Gasteiger partial charge on any atom is 0.254 e. The highest BCUT2D eigenvalue weighted by Gasteiger charge is 2.34. The Bertz CT molecular complexity index is 696. The van der Waals surface area contributed by atoms with Crippen LogP contribution in [-0.4, -0.2) is 16.3 Å². The summed E-state index contributed by atoms with van der Waals surface area (Å²) in [6.45, 7) is 0. The van der Waals surface area contributed by atoms with Gasteiger partial charge in [0.05, 0.1) is 11.6 Å². The van der Waals surface area contributed by atoms with Crippen LogP contribution in [0.4, 0.5) is 0 Å². The first kappa shape index (κ1) is 11.9. The smallest absolute Gasteiger partial charge is 0.254 e. The molecule has 0 radical (unpaired) electrons. The maximum absolute atomic E-state index is 12.3. The third-order valence-electron chi connectivity index (χ3n) is 3.99. The predicted octanol–water partition coefficient (Wildman–Crippen LogP) is 2.69. The highest BCUT2D eigenvalue weighted by Crippen LogP contribution is 2.36. The molecule has 3 heterocycles. The Morgan fingerprint density at radius 3 is 3.05 bits per heavy atom. The third-order valence-corrected chi connectivity index (χ3v) is 4.90. The standard InChI is InChI=1S/C15H14N2O2S/c18-13(9-3-4-9)8-11-12-2-1-6-17(12)15-10(5-7-20-15)14(19)16-11/h1-2,5-7,9,11H,3-4,8H2,(H,16,19). The quantitative estimate of drug-likeness (QED) is 0.943. The lowest BCUT2D eigenvalue weighted by Gasteiger charge is -2.16. The average molecular weight is 286 g/mol. The van der Waals surface area contributed by atoms with Gasteiger partial charge < -0.3 is 9.88 Å². The van der Waals surface area contributed by atoms with Crippen LogP contribution in [0.25, 0.3) is 5.00 Å². The van der Waals surface area contributed by atoms with Crippen molar-refractivity contribution in [1.82, 2.24) is 9.88 Å². The number of nitrogens with one attached hydrogen (secondary N) is 1. The minimum Gasteiger partial charge on any atom is -0.343 e. The second-order valence-corrected chi connectivity index (χ2v) is 6.31. The molecule has 2 aliphatic rings. The first-order valence-corrected chi connectivity index (χ1v) is 7.70. The van der Waals surface area contributed by atoms with E-state index in [0.717, 1.165) is 23.5 Å². The van der Waals surface area contributed by atoms with Crippen molar-refractivity contribution < 1.29 is 9.59 Å². The van der Waals surface area contributed by atoms with Gasteiger partial charge in [-0.05, 0) is 36.4 Å². The van der Waals surface area contributed by atoms with Crippen LogP contribution in [0.5, 0.6) is 0 Å². The molecule has 1 atom stereocenters. The molecule has 0 bridgehead atoms. The van der Waals surface area contributed by atoms with E-state index in [1.807, 2.05) is 34.3 Å². The molecule has 0 saturated heterocycles. The van der Waals surface area contributed by atoms with Gasteiger partial charge in [0.25, 0.3) is 5.91 Å². The Morgan fingerprint density at radius 2 is 2.25 bits per heavy atom. The lowest BCUT2D eigenvalue weighted by atomic mass is 10.0. The monoisotopic (exact) mass is 286 g/mol. The van der Waals surface area contributed by atoms with Crippen molar-refractivity contribution in [3.63, 3.8) is 0 Å². The van der Waals surface area contributed by atoms with Crippen molar-refractivity contribution in [1.29, 1.82) is 0 Å². The van der Waals surface area contributed by atoms with Gasteiger partial charge in [0.2, 0.25) is 0 Å². The molecular weight excluding hydrogens is 272 g/mol. The number of hydrogen-bond acceptors (Lipinski definition) is 3. The van der Waals surface area contributed by atoms with Crippen LogP contribution in [0.2, 0.25) is 0 Å². The molecular formula is C15H14N2O2S. The molecule has 1 unspecified atom stereocenters. The van der Waals surface area contributed by atoms with Crippen molar-refractivity contribution >= 4 is 23.0 Å². The van der Waals surface area contributed by atoms with Crippen LogP contribution in [0.15, 0.2) is 29.8 Å². The molecule has 1 aliphatic heterocycles. The number of rotatable bonds is 3. The molecule has 2 aromatic heterocycles. The molecule has 5 heteroatoms. The van der Waals surface area contributed by atoms with Crippen molar-refractivity contribution in [3.05, 3.63) is 41.0 Å². The average Bonchev–Trinajstić information content (AvgIpc) is 3.01. The minimum atomic E-state index is -0.217. The van der Waals surface area contributed by atoms with E-state index in [1.165, 1.54) is 0 Å². The van der Waals surface area contributed by atoms with Gasteiger partial charge >= 0.3 is 0 Å². The Morgan fingerprint density at radius 1 is 1.40 bits per heavy atom. The molecule has 4 nitrogen and oxygen atoms in total. The van der Waals surface area contributed by atoms with E-state index in [9.17, 15) is 9.59 Å². The van der Waals surface area contributed by atoms with E-state index in [-0.39, 0.29) is 23.7 Å². The molecule has 1 saturated carbocycles. The first-order valence-electron chi connectivity index (χ1n) is 6.83. The first-order chi connectivity index (χ1) is 9.74. The number of fused-ring (bicyclic) bond motifs is 3. The molecule has 0 spiro atoms. The van der Waals surface area contributed by atoms with E-state index in [2.05, 4.69) is 5.32 Å². The van der Waals surface area contributed by atoms with E-state index in [0.29, 0.717) is 12.0 Å². The van der Waals surface area contributed by atoms with E-state index >= 15 is 0 Å². The second kappa shape index (κ2) is 4.31. The lowest BCUT2D eigenvalue weighted by Crippen LogP contribution is -2.29. The van der Waals surface area contributed by atoms with E-state index in [4.69, 9.17) is 0 Å². The molecule has 1 N–H and O–H groups in total. The van der Waals surface area contributed by atoms with Crippen molar-refractivity contribution in [2.75, 3.05) is 0 Å². The second-order valence-electron chi connectivity index (χ2n) is 5.41. The summed E-state index contributed by atoms with van der Waals surface area (Å²) in [7, 11) is 0. The summed E-state index contributed by atoms with van der Waals surface area (Å²) in [5.74, 6) is 0.416. The largest absolute Gasteiger partial charge is 0.343 e. The number of amides is 1. The minimum absolute atomic E-state index is 0.0847. The predicted molar refractivity (Wildman–Crippen MR) is 76.2 cm³/mol. The topological polar surface area (TPSA) is 51.1 Å². The summed E-state index contributed by atoms with van der Waals surface area (Å²) in [6, 6.07) is 5.57. The summed E-state index contributed by atoms with van der Waals surface area (Å²) in [4.78, 5) is 24.4. The van der Waals surface area contributed by atoms with E-state index < -0.39 is 0 Å². The van der Waals surface area contributed by atoms with Gasteiger partial charge in [0.1, 0.15) is 10.8 Å². The fraction of sp³-hybridized carbons (Fsp3) is 0.333. The highest BCUT2D eigenvalue weighted by molar-refractivity contribution is 7.13. The van der Waals surface area contributed by atoms with Gasteiger partial charge in [-0.2, -0.15) is 0 Å². The zero-order valence-electron chi connectivity index (χ0n) is 10.8. The van der Waals surface area contributed by atoms with Gasteiger partial charge in [0, 0.05) is 24.2 Å². The number of ketones is 1. The van der Waals surface area contributed by atoms with Crippen LogP contribution >= 0.6 is 11.3 Å². The summed E-state index contributed by atoms with van der Waals surface area (Å²) in [5.41, 5.74) is 1.68. The van der Waals surface area contributed by atoms with Crippen LogP contribution in [0.3, 0.4) is 0 Å². The Balaban J connectivity index is 1.74. The summed E-state index contributed by atoms with van der Waals surface area (Å²) in [5, 5.41) is 5.86. The molecule has 102 valence electrons. The van der Waals surface area contributed by atoms with E-state index in [1.54, 1.807) is 11.3 Å². The maximum atomic E-state index is 12.3. The Kier molecular flexibility index (Phi) is 2.57. The number of carbonyl (C=O) groups excluding carboxylic acids is 2. The van der Waals surface area contributed by atoms with Gasteiger partial charge in [0.15, 0.2) is 0 Å². The lowest BCUT2D eigenvalue weighted by molar-refractivity contribution is -0.120. The SMILES string of the molecule is O=C1NC(CC(=O)C2CC2)c2cccn2-c2sccc21. The molecule has 4 rings (SSSR count). The van der Waals surface area contributed by atoms with Crippen LogP contribution in [0, 0.1) is 5.92 Å². The number of aromatic nitrogens is 1. The number of Topliss-reactive ketones (excluding diaryl/α,β-unsaturated/α-hetero) is 1. The number of hydrogen-bond donors (Lipinski definition) is 1. The number of thiophene rings is 1. The summed E-state index contributed by atoms with van der Waals surface area (Å²) < 4.78 is 2.03. The van der Waals surface area contributed by atoms with Crippen molar-refractivity contribution in [3.8, 4) is 5.00 Å². The number of carbonyl (C=O) groups is 2. The van der Waals surface area contributed by atoms with Crippen molar-refractivity contribution in [2.24, 2.45) is 5.92 Å². The zero-order chi connectivity index (χ0) is 13.7. The van der Waals surface area contributed by atoms with Gasteiger partial charge in [-0.25, -0.2) is 0 Å². The molecule has 0 aromatic carbocycles. The molecule has 1 fully saturated rings. The normalized spacial score (nSPS) is 20.8. The third kappa shape index (κ3) is 1.81. The molecule has 20 heavy (non-hydrogen) atoms. The van der Waals surface area contributed by atoms with Crippen LogP contribution in [0.1, 0.15) is 41.4 Å². The highest BCUT2D eigenvalue weighted by atomic mass is 32.1.